The molecule has 0 fully saturated rings. The molecule has 0 spiro atoms. The number of aromatic amines is 1. The minimum absolute atomic E-state index is 0.266. The fraction of sp³-hybridized carbons (Fsp3) is 0.158. The summed E-state index contributed by atoms with van der Waals surface area (Å²) in [5, 5.41) is 1.45. The quantitative estimate of drug-likeness (QED) is 0.433. The molecule has 122 valence electrons. The molecular weight excluding hydrogens is 326 g/mol. The summed E-state index contributed by atoms with van der Waals surface area (Å²) in [6.45, 7) is 0. The summed E-state index contributed by atoms with van der Waals surface area (Å²) in [7, 11) is 1.29. The predicted octanol–water partition coefficient (Wildman–Crippen LogP) is 4.04. The Balaban J connectivity index is 1.95. The van der Waals surface area contributed by atoms with Gasteiger partial charge in [0.15, 0.2) is 5.78 Å². The molecular formula is C19H16ClNO3. The summed E-state index contributed by atoms with van der Waals surface area (Å²) >= 11 is 5.95. The molecule has 3 rings (SSSR count). The molecule has 1 atom stereocenters. The van der Waals surface area contributed by atoms with Crippen LogP contribution in [0.4, 0.5) is 0 Å². The number of hydrogen-bond acceptors (Lipinski definition) is 3. The number of ketones is 1. The first kappa shape index (κ1) is 16.3. The molecule has 1 unspecified atom stereocenters. The molecule has 0 saturated heterocycles. The summed E-state index contributed by atoms with van der Waals surface area (Å²) in [6, 6.07) is 14.3. The van der Waals surface area contributed by atoms with Gasteiger partial charge in [-0.05, 0) is 30.2 Å². The standard InChI is InChI=1S/C19H16ClNO3/c1-24-19(23)16(18(22)12-5-4-6-14(20)9-12)10-13-11-21-17-8-3-2-7-15(13)17/h2-9,11,16,21H,10H2,1H3. The third-order valence-corrected chi connectivity index (χ3v) is 4.25. The van der Waals surface area contributed by atoms with Gasteiger partial charge in [-0.3, -0.25) is 9.59 Å². The Kier molecular flexibility index (Phi) is 4.67. The van der Waals surface area contributed by atoms with Gasteiger partial charge in [-0.2, -0.15) is 0 Å². The summed E-state index contributed by atoms with van der Waals surface area (Å²) in [6.07, 6.45) is 2.09. The van der Waals surface area contributed by atoms with Crippen molar-refractivity contribution in [2.45, 2.75) is 6.42 Å². The van der Waals surface area contributed by atoms with Gasteiger partial charge < -0.3 is 9.72 Å². The van der Waals surface area contributed by atoms with E-state index in [1.165, 1.54) is 7.11 Å². The van der Waals surface area contributed by atoms with Crippen molar-refractivity contribution in [3.05, 3.63) is 70.9 Å². The van der Waals surface area contributed by atoms with E-state index < -0.39 is 11.9 Å². The van der Waals surface area contributed by atoms with Crippen LogP contribution in [-0.4, -0.2) is 23.8 Å². The Bertz CT molecular complexity index is 900. The highest BCUT2D eigenvalue weighted by Crippen LogP contribution is 2.24. The largest absolute Gasteiger partial charge is 0.468 e. The highest BCUT2D eigenvalue weighted by Gasteiger charge is 2.29. The van der Waals surface area contributed by atoms with Crippen molar-refractivity contribution in [2.24, 2.45) is 5.92 Å². The van der Waals surface area contributed by atoms with Gasteiger partial charge in [0.05, 0.1) is 7.11 Å². The molecule has 1 heterocycles. The molecule has 1 N–H and O–H groups in total. The molecule has 0 saturated carbocycles. The molecule has 2 aromatic carbocycles. The van der Waals surface area contributed by atoms with Crippen molar-refractivity contribution in [3.8, 4) is 0 Å². The summed E-state index contributed by atoms with van der Waals surface area (Å²) in [4.78, 5) is 28.1. The zero-order valence-corrected chi connectivity index (χ0v) is 13.8. The predicted molar refractivity (Wildman–Crippen MR) is 93.3 cm³/mol. The van der Waals surface area contributed by atoms with Crippen molar-refractivity contribution in [1.82, 2.24) is 4.98 Å². The number of halogens is 1. The molecule has 5 heteroatoms. The van der Waals surface area contributed by atoms with Crippen molar-refractivity contribution in [3.63, 3.8) is 0 Å². The second-order valence-electron chi connectivity index (χ2n) is 5.51. The van der Waals surface area contributed by atoms with Crippen LogP contribution in [0, 0.1) is 5.92 Å². The minimum Gasteiger partial charge on any atom is -0.468 e. The number of nitrogens with one attached hydrogen (secondary N) is 1. The molecule has 4 nitrogen and oxygen atoms in total. The van der Waals surface area contributed by atoms with E-state index in [9.17, 15) is 9.59 Å². The van der Waals surface area contributed by atoms with E-state index in [4.69, 9.17) is 16.3 Å². The number of methoxy groups -OCH3 is 1. The lowest BCUT2D eigenvalue weighted by atomic mass is 9.91. The maximum Gasteiger partial charge on any atom is 0.316 e. The molecule has 3 aromatic rings. The van der Waals surface area contributed by atoms with Crippen LogP contribution in [0.1, 0.15) is 15.9 Å². The first-order valence-corrected chi connectivity index (χ1v) is 7.90. The van der Waals surface area contributed by atoms with Gasteiger partial charge in [0.25, 0.3) is 0 Å². The van der Waals surface area contributed by atoms with E-state index in [-0.39, 0.29) is 12.2 Å². The number of benzene rings is 2. The number of fused-ring (bicyclic) bond motifs is 1. The van der Waals surface area contributed by atoms with Gasteiger partial charge in [-0.25, -0.2) is 0 Å². The number of hydrogen-bond donors (Lipinski definition) is 1. The molecule has 0 aliphatic rings. The fourth-order valence-corrected chi connectivity index (χ4v) is 2.98. The zero-order valence-electron chi connectivity index (χ0n) is 13.1. The van der Waals surface area contributed by atoms with E-state index in [1.54, 1.807) is 24.3 Å². The van der Waals surface area contributed by atoms with Gasteiger partial charge >= 0.3 is 5.97 Å². The van der Waals surface area contributed by atoms with E-state index in [1.807, 2.05) is 30.5 Å². The number of aromatic nitrogens is 1. The lowest BCUT2D eigenvalue weighted by Crippen LogP contribution is -2.27. The molecule has 0 radical (unpaired) electrons. The van der Waals surface area contributed by atoms with Crippen molar-refractivity contribution in [2.75, 3.05) is 7.11 Å². The maximum atomic E-state index is 12.8. The van der Waals surface area contributed by atoms with E-state index in [2.05, 4.69) is 4.98 Å². The SMILES string of the molecule is COC(=O)C(Cc1c[nH]c2ccccc12)C(=O)c1cccc(Cl)c1. The summed E-state index contributed by atoms with van der Waals surface area (Å²) in [5.41, 5.74) is 2.26. The average Bonchev–Trinajstić information content (AvgIpc) is 3.01. The number of carbonyl (C=O) groups is 2. The zero-order chi connectivity index (χ0) is 17.1. The Morgan fingerprint density at radius 3 is 2.71 bits per heavy atom. The van der Waals surface area contributed by atoms with Crippen LogP contribution in [-0.2, 0) is 16.0 Å². The Hall–Kier alpha value is -2.59. The number of Topliss-reactive ketones (excluding diaryl/α,β-unsaturated/α-hetero) is 1. The second kappa shape index (κ2) is 6.89. The van der Waals surface area contributed by atoms with Crippen molar-refractivity contribution < 1.29 is 14.3 Å². The number of carbonyl (C=O) groups excluding carboxylic acids is 2. The second-order valence-corrected chi connectivity index (χ2v) is 5.95. The lowest BCUT2D eigenvalue weighted by molar-refractivity contribution is -0.143. The first-order valence-electron chi connectivity index (χ1n) is 7.52. The van der Waals surface area contributed by atoms with Crippen LogP contribution >= 0.6 is 11.6 Å². The molecule has 0 aliphatic heterocycles. The van der Waals surface area contributed by atoms with Gasteiger partial charge in [0.2, 0.25) is 0 Å². The van der Waals surface area contributed by atoms with Gasteiger partial charge in [-0.1, -0.05) is 41.9 Å². The normalized spacial score (nSPS) is 12.1. The van der Waals surface area contributed by atoms with E-state index in [0.717, 1.165) is 16.5 Å². The van der Waals surface area contributed by atoms with Gasteiger partial charge in [0, 0.05) is 27.7 Å². The van der Waals surface area contributed by atoms with Crippen molar-refractivity contribution in [1.29, 1.82) is 0 Å². The van der Waals surface area contributed by atoms with Crippen LogP contribution in [0.3, 0.4) is 0 Å². The maximum absolute atomic E-state index is 12.8. The molecule has 0 aliphatic carbocycles. The van der Waals surface area contributed by atoms with Crippen LogP contribution < -0.4 is 0 Å². The number of para-hydroxylation sites is 1. The Morgan fingerprint density at radius 2 is 1.96 bits per heavy atom. The van der Waals surface area contributed by atoms with Crippen LogP contribution in [0.5, 0.6) is 0 Å². The number of ether oxygens (including phenoxy) is 1. The molecule has 0 amide bonds. The lowest BCUT2D eigenvalue weighted by Gasteiger charge is -2.13. The third kappa shape index (κ3) is 3.19. The molecule has 24 heavy (non-hydrogen) atoms. The number of rotatable bonds is 5. The van der Waals surface area contributed by atoms with Gasteiger partial charge in [0.1, 0.15) is 5.92 Å². The van der Waals surface area contributed by atoms with E-state index >= 15 is 0 Å². The molecule has 1 aromatic heterocycles. The highest BCUT2D eigenvalue weighted by atomic mass is 35.5. The Morgan fingerprint density at radius 1 is 1.17 bits per heavy atom. The van der Waals surface area contributed by atoms with Crippen LogP contribution in [0.2, 0.25) is 5.02 Å². The smallest absolute Gasteiger partial charge is 0.316 e. The van der Waals surface area contributed by atoms with Crippen LogP contribution in [0.25, 0.3) is 10.9 Å². The van der Waals surface area contributed by atoms with E-state index in [0.29, 0.717) is 10.6 Å². The third-order valence-electron chi connectivity index (χ3n) is 4.01. The monoisotopic (exact) mass is 341 g/mol. The summed E-state index contributed by atoms with van der Waals surface area (Å²) < 4.78 is 4.84. The Labute approximate surface area is 144 Å². The number of H-pyrrole nitrogens is 1. The molecule has 0 bridgehead atoms. The van der Waals surface area contributed by atoms with Crippen molar-refractivity contribution >= 4 is 34.3 Å². The average molecular weight is 342 g/mol. The number of esters is 1. The topological polar surface area (TPSA) is 59.2 Å². The minimum atomic E-state index is -0.910. The summed E-state index contributed by atoms with van der Waals surface area (Å²) in [5.74, 6) is -1.76. The van der Waals surface area contributed by atoms with Gasteiger partial charge in [-0.15, -0.1) is 0 Å². The fourth-order valence-electron chi connectivity index (χ4n) is 2.79. The first-order chi connectivity index (χ1) is 11.6. The van der Waals surface area contributed by atoms with Crippen LogP contribution in [0.15, 0.2) is 54.7 Å². The highest BCUT2D eigenvalue weighted by molar-refractivity contribution is 6.31.